The van der Waals surface area contributed by atoms with Gasteiger partial charge in [-0.3, -0.25) is 0 Å². The highest BCUT2D eigenvalue weighted by atomic mass is 32.2. The number of rotatable bonds is 7. The molecule has 80 valence electrons. The molecule has 0 aliphatic carbocycles. The quantitative estimate of drug-likeness (QED) is 0.625. The van der Waals surface area contributed by atoms with E-state index in [2.05, 4.69) is 13.8 Å². The van der Waals surface area contributed by atoms with Gasteiger partial charge in [0.2, 0.25) is 0 Å². The minimum atomic E-state index is -0.682. The van der Waals surface area contributed by atoms with Gasteiger partial charge in [-0.05, 0) is 25.5 Å². The smallest absolute Gasteiger partial charge is 0.0751 e. The summed E-state index contributed by atoms with van der Waals surface area (Å²) in [5.74, 6) is 1.19. The molecule has 13 heavy (non-hydrogen) atoms. The van der Waals surface area contributed by atoms with Crippen molar-refractivity contribution >= 4 is 11.8 Å². The van der Waals surface area contributed by atoms with E-state index in [0.717, 1.165) is 6.42 Å². The molecule has 2 nitrogen and oxygen atoms in total. The lowest BCUT2D eigenvalue weighted by Crippen LogP contribution is -2.36. The number of unbranched alkanes of at least 4 members (excludes halogenated alkanes) is 1. The molecule has 0 aromatic carbocycles. The van der Waals surface area contributed by atoms with E-state index in [9.17, 15) is 5.11 Å². The molecule has 2 atom stereocenters. The Kier molecular flexibility index (Phi) is 6.82. The van der Waals surface area contributed by atoms with Crippen molar-refractivity contribution in [3.05, 3.63) is 0 Å². The molecule has 2 unspecified atom stereocenters. The summed E-state index contributed by atoms with van der Waals surface area (Å²) in [5, 5.41) is 10.2. The fourth-order valence-corrected chi connectivity index (χ4v) is 2.53. The molecule has 0 saturated heterocycles. The Morgan fingerprint density at radius 1 is 1.54 bits per heavy atom. The van der Waals surface area contributed by atoms with Gasteiger partial charge < -0.3 is 10.8 Å². The monoisotopic (exact) mass is 205 g/mol. The van der Waals surface area contributed by atoms with Crippen LogP contribution in [0, 0.1) is 0 Å². The Hall–Kier alpha value is 0.270. The first-order valence-corrected chi connectivity index (χ1v) is 6.10. The fraction of sp³-hybridized carbons (Fsp3) is 1.00. The molecule has 0 heterocycles. The van der Waals surface area contributed by atoms with Gasteiger partial charge in [0.15, 0.2) is 0 Å². The van der Waals surface area contributed by atoms with E-state index < -0.39 is 5.60 Å². The average Bonchev–Trinajstić information content (AvgIpc) is 2.04. The highest BCUT2D eigenvalue weighted by molar-refractivity contribution is 7.99. The van der Waals surface area contributed by atoms with Crippen LogP contribution in [0.5, 0.6) is 0 Å². The molecule has 0 aromatic heterocycles. The van der Waals surface area contributed by atoms with Crippen LogP contribution in [0.3, 0.4) is 0 Å². The van der Waals surface area contributed by atoms with Crippen LogP contribution < -0.4 is 5.73 Å². The zero-order valence-electron chi connectivity index (χ0n) is 9.05. The minimum Gasteiger partial charge on any atom is -0.389 e. The fourth-order valence-electron chi connectivity index (χ4n) is 1.19. The number of aliphatic hydroxyl groups is 1. The van der Waals surface area contributed by atoms with Gasteiger partial charge in [-0.25, -0.2) is 0 Å². The Labute approximate surface area is 86.3 Å². The van der Waals surface area contributed by atoms with Crippen molar-refractivity contribution in [3.8, 4) is 0 Å². The molecule has 3 heteroatoms. The van der Waals surface area contributed by atoms with Gasteiger partial charge in [0.1, 0.15) is 0 Å². The largest absolute Gasteiger partial charge is 0.389 e. The summed E-state index contributed by atoms with van der Waals surface area (Å²) in [4.78, 5) is 0. The average molecular weight is 205 g/mol. The van der Waals surface area contributed by atoms with Crippen LogP contribution in [-0.2, 0) is 0 Å². The Bertz CT molecular complexity index is 128. The third kappa shape index (κ3) is 7.35. The third-order valence-electron chi connectivity index (χ3n) is 2.07. The molecule has 0 aliphatic heterocycles. The van der Waals surface area contributed by atoms with Gasteiger partial charge in [0, 0.05) is 11.8 Å². The summed E-state index contributed by atoms with van der Waals surface area (Å²) in [7, 11) is 0. The van der Waals surface area contributed by atoms with Gasteiger partial charge in [-0.2, -0.15) is 11.8 Å². The van der Waals surface area contributed by atoms with E-state index in [1.54, 1.807) is 0 Å². The van der Waals surface area contributed by atoms with E-state index >= 15 is 0 Å². The standard InChI is InChI=1S/C10H23NOS/c1-4-5-6-13-9(2)7-10(3,12)8-11/h9,12H,4-8,11H2,1-3H3. The minimum absolute atomic E-state index is 0.353. The molecule has 0 bridgehead atoms. The predicted molar refractivity (Wildman–Crippen MR) is 61.1 cm³/mol. The number of thioether (sulfide) groups is 1. The molecule has 0 radical (unpaired) electrons. The number of hydrogen-bond acceptors (Lipinski definition) is 3. The van der Waals surface area contributed by atoms with Crippen molar-refractivity contribution in [1.29, 1.82) is 0 Å². The van der Waals surface area contributed by atoms with Crippen molar-refractivity contribution in [2.45, 2.75) is 50.9 Å². The summed E-state index contributed by atoms with van der Waals surface area (Å²) < 4.78 is 0. The lowest BCUT2D eigenvalue weighted by Gasteiger charge is -2.24. The molecule has 0 amide bonds. The summed E-state index contributed by atoms with van der Waals surface area (Å²) in [6.45, 7) is 6.52. The zero-order chi connectivity index (χ0) is 10.3. The van der Waals surface area contributed by atoms with Crippen LogP contribution in [0.4, 0.5) is 0 Å². The third-order valence-corrected chi connectivity index (χ3v) is 3.33. The van der Waals surface area contributed by atoms with Crippen LogP contribution >= 0.6 is 11.8 Å². The highest BCUT2D eigenvalue weighted by Crippen LogP contribution is 2.21. The molecule has 0 aliphatic rings. The molecular formula is C10H23NOS. The maximum absolute atomic E-state index is 9.71. The molecule has 0 rings (SSSR count). The normalized spacial score (nSPS) is 18.2. The van der Waals surface area contributed by atoms with E-state index in [-0.39, 0.29) is 0 Å². The Morgan fingerprint density at radius 3 is 2.62 bits per heavy atom. The zero-order valence-corrected chi connectivity index (χ0v) is 9.86. The summed E-state index contributed by atoms with van der Waals surface area (Å²) >= 11 is 1.93. The molecule has 0 spiro atoms. The summed E-state index contributed by atoms with van der Waals surface area (Å²) in [6, 6.07) is 0. The second-order valence-corrected chi connectivity index (χ2v) is 5.49. The maximum Gasteiger partial charge on any atom is 0.0751 e. The van der Waals surface area contributed by atoms with Crippen LogP contribution in [-0.4, -0.2) is 28.3 Å². The van der Waals surface area contributed by atoms with Crippen molar-refractivity contribution < 1.29 is 5.11 Å². The topological polar surface area (TPSA) is 46.2 Å². The Balaban J connectivity index is 3.55. The van der Waals surface area contributed by atoms with E-state index in [1.807, 2.05) is 18.7 Å². The first kappa shape index (κ1) is 13.3. The lowest BCUT2D eigenvalue weighted by atomic mass is 10.0. The van der Waals surface area contributed by atoms with E-state index in [4.69, 9.17) is 5.73 Å². The number of nitrogens with two attached hydrogens (primary N) is 1. The van der Waals surface area contributed by atoms with Gasteiger partial charge in [0.25, 0.3) is 0 Å². The van der Waals surface area contributed by atoms with Gasteiger partial charge in [-0.1, -0.05) is 20.3 Å². The van der Waals surface area contributed by atoms with E-state index in [0.29, 0.717) is 11.8 Å². The SMILES string of the molecule is CCCCSC(C)CC(C)(O)CN. The first-order valence-electron chi connectivity index (χ1n) is 5.06. The van der Waals surface area contributed by atoms with E-state index in [1.165, 1.54) is 18.6 Å². The highest BCUT2D eigenvalue weighted by Gasteiger charge is 2.21. The van der Waals surface area contributed by atoms with Gasteiger partial charge in [-0.15, -0.1) is 0 Å². The molecular weight excluding hydrogens is 182 g/mol. The van der Waals surface area contributed by atoms with Crippen LogP contribution in [0.15, 0.2) is 0 Å². The molecule has 0 saturated carbocycles. The summed E-state index contributed by atoms with van der Waals surface area (Å²) in [5.41, 5.74) is 4.77. The second kappa shape index (κ2) is 6.68. The number of hydrogen-bond donors (Lipinski definition) is 2. The summed E-state index contributed by atoms with van der Waals surface area (Å²) in [6.07, 6.45) is 3.30. The Morgan fingerprint density at radius 2 is 2.15 bits per heavy atom. The van der Waals surface area contributed by atoms with Crippen molar-refractivity contribution in [2.24, 2.45) is 5.73 Å². The lowest BCUT2D eigenvalue weighted by molar-refractivity contribution is 0.0608. The first-order chi connectivity index (χ1) is 6.02. The van der Waals surface area contributed by atoms with Gasteiger partial charge >= 0.3 is 0 Å². The molecule has 3 N–H and O–H groups in total. The predicted octanol–water partition coefficient (Wildman–Crippen LogP) is 2.01. The van der Waals surface area contributed by atoms with Crippen molar-refractivity contribution in [1.82, 2.24) is 0 Å². The van der Waals surface area contributed by atoms with Crippen molar-refractivity contribution in [3.63, 3.8) is 0 Å². The molecule has 0 fully saturated rings. The molecule has 0 aromatic rings. The maximum atomic E-state index is 9.71. The van der Waals surface area contributed by atoms with Crippen LogP contribution in [0.1, 0.15) is 40.0 Å². The van der Waals surface area contributed by atoms with Crippen LogP contribution in [0.2, 0.25) is 0 Å². The van der Waals surface area contributed by atoms with Gasteiger partial charge in [0.05, 0.1) is 5.60 Å². The van der Waals surface area contributed by atoms with Crippen molar-refractivity contribution in [2.75, 3.05) is 12.3 Å². The van der Waals surface area contributed by atoms with Crippen LogP contribution in [0.25, 0.3) is 0 Å². The second-order valence-electron chi connectivity index (χ2n) is 3.94.